The fourth-order valence-electron chi connectivity index (χ4n) is 3.38. The summed E-state index contributed by atoms with van der Waals surface area (Å²) >= 11 is 0. The molecule has 1 aliphatic rings. The van der Waals surface area contributed by atoms with Crippen molar-refractivity contribution in [2.24, 2.45) is 0 Å². The first-order chi connectivity index (χ1) is 16.0. The number of aromatic nitrogens is 1. The molecule has 1 unspecified atom stereocenters. The van der Waals surface area contributed by atoms with E-state index in [-0.39, 0.29) is 5.76 Å². The zero-order valence-corrected chi connectivity index (χ0v) is 19.1. The van der Waals surface area contributed by atoms with Crippen molar-refractivity contribution < 1.29 is 28.5 Å². The summed E-state index contributed by atoms with van der Waals surface area (Å²) in [5.74, 6) is 0.993. The highest BCUT2D eigenvalue weighted by Crippen LogP contribution is 2.20. The van der Waals surface area contributed by atoms with Gasteiger partial charge < -0.3 is 23.7 Å². The summed E-state index contributed by atoms with van der Waals surface area (Å²) < 4.78 is 21.6. The van der Waals surface area contributed by atoms with Crippen LogP contribution in [0.15, 0.2) is 65.4 Å². The number of carboxylic acids is 1. The van der Waals surface area contributed by atoms with Gasteiger partial charge in [-0.15, -0.1) is 0 Å². The minimum absolute atomic E-state index is 0.0231. The molecule has 0 spiro atoms. The van der Waals surface area contributed by atoms with Gasteiger partial charge in [-0.3, -0.25) is 0 Å². The summed E-state index contributed by atoms with van der Waals surface area (Å²) in [5.41, 5.74) is 2.53. The van der Waals surface area contributed by atoms with Crippen LogP contribution < -0.4 is 9.47 Å². The molecular weight excluding hydrogens is 422 g/mol. The van der Waals surface area contributed by atoms with Crippen LogP contribution in [0.3, 0.4) is 0 Å². The van der Waals surface area contributed by atoms with Gasteiger partial charge >= 0.3 is 5.97 Å². The van der Waals surface area contributed by atoms with E-state index in [1.54, 1.807) is 6.20 Å². The van der Waals surface area contributed by atoms with Gasteiger partial charge in [0, 0.05) is 18.9 Å². The summed E-state index contributed by atoms with van der Waals surface area (Å²) in [6, 6.07) is 15.2. The van der Waals surface area contributed by atoms with Crippen LogP contribution in [-0.4, -0.2) is 42.0 Å². The maximum atomic E-state index is 9.97. The molecule has 1 fully saturated rings. The molecule has 33 heavy (non-hydrogen) atoms. The van der Waals surface area contributed by atoms with Gasteiger partial charge in [-0.25, -0.2) is 9.78 Å². The molecule has 4 rings (SSSR count). The molecule has 176 valence electrons. The minimum Gasteiger partial charge on any atom is -0.490 e. The second-order valence-corrected chi connectivity index (χ2v) is 8.04. The Kier molecular flexibility index (Phi) is 9.32. The smallest absolute Gasteiger partial charge is 0.371 e. The van der Waals surface area contributed by atoms with Gasteiger partial charge in [0.15, 0.2) is 0 Å². The van der Waals surface area contributed by atoms with Crippen LogP contribution >= 0.6 is 0 Å². The molecule has 2 aromatic heterocycles. The van der Waals surface area contributed by atoms with Crippen LogP contribution in [0.5, 0.6) is 11.6 Å². The molecule has 7 heteroatoms. The van der Waals surface area contributed by atoms with Crippen LogP contribution in [0, 0.1) is 0 Å². The molecule has 1 saturated heterocycles. The molecule has 0 bridgehead atoms. The molecule has 1 N–H and O–H groups in total. The standard InChI is InChI=1S/C21H27NO3.C5H4O3/c1-16(2)18-5-7-19(8-6-18)24-12-13-25-21-15-17(9-10-22-21)14-20-4-3-11-23-20;6-5(7)4-2-1-3-8-4/h5-10,15-16,20H,3-4,11-14H2,1-2H3;1-3H,(H,6,7). The number of furan rings is 1. The number of hydrogen-bond donors (Lipinski definition) is 1. The lowest BCUT2D eigenvalue weighted by Gasteiger charge is -2.11. The molecule has 1 aliphatic heterocycles. The lowest BCUT2D eigenvalue weighted by atomic mass is 10.0. The third kappa shape index (κ3) is 8.27. The van der Waals surface area contributed by atoms with Crippen LogP contribution in [-0.2, 0) is 11.2 Å². The summed E-state index contributed by atoms with van der Waals surface area (Å²) in [5, 5.41) is 8.18. The van der Waals surface area contributed by atoms with E-state index >= 15 is 0 Å². The number of aromatic carboxylic acids is 1. The molecule has 3 heterocycles. The quantitative estimate of drug-likeness (QED) is 0.436. The Morgan fingerprint density at radius 3 is 2.55 bits per heavy atom. The van der Waals surface area contributed by atoms with E-state index in [0.29, 0.717) is 31.1 Å². The first kappa shape index (κ1) is 24.3. The predicted molar refractivity (Wildman–Crippen MR) is 124 cm³/mol. The van der Waals surface area contributed by atoms with E-state index in [2.05, 4.69) is 35.4 Å². The highest BCUT2D eigenvalue weighted by molar-refractivity contribution is 5.84. The fourth-order valence-corrected chi connectivity index (χ4v) is 3.38. The van der Waals surface area contributed by atoms with E-state index in [1.165, 1.54) is 29.5 Å². The van der Waals surface area contributed by atoms with Crippen molar-refractivity contribution in [1.82, 2.24) is 4.98 Å². The number of carbonyl (C=O) groups is 1. The first-order valence-electron chi connectivity index (χ1n) is 11.2. The number of ether oxygens (including phenoxy) is 3. The lowest BCUT2D eigenvalue weighted by Crippen LogP contribution is -2.11. The van der Waals surface area contributed by atoms with Gasteiger partial charge in [-0.1, -0.05) is 26.0 Å². The predicted octanol–water partition coefficient (Wildman–Crippen LogP) is 5.36. The third-order valence-corrected chi connectivity index (χ3v) is 5.17. The maximum absolute atomic E-state index is 9.97. The van der Waals surface area contributed by atoms with Gasteiger partial charge in [-0.05, 0) is 66.6 Å². The Morgan fingerprint density at radius 2 is 1.94 bits per heavy atom. The average molecular weight is 454 g/mol. The largest absolute Gasteiger partial charge is 0.490 e. The molecule has 0 saturated carbocycles. The van der Waals surface area contributed by atoms with Crippen molar-refractivity contribution in [1.29, 1.82) is 0 Å². The van der Waals surface area contributed by atoms with Gasteiger partial charge in [0.25, 0.3) is 0 Å². The van der Waals surface area contributed by atoms with E-state index in [4.69, 9.17) is 19.3 Å². The lowest BCUT2D eigenvalue weighted by molar-refractivity contribution is 0.0662. The van der Waals surface area contributed by atoms with Gasteiger partial charge in [0.2, 0.25) is 11.6 Å². The number of benzene rings is 1. The van der Waals surface area contributed by atoms with E-state index in [9.17, 15) is 4.79 Å². The van der Waals surface area contributed by atoms with Crippen molar-refractivity contribution >= 4 is 5.97 Å². The third-order valence-electron chi connectivity index (χ3n) is 5.17. The molecule has 0 amide bonds. The molecule has 3 aromatic rings. The Balaban J connectivity index is 0.000000323. The average Bonchev–Trinajstić information content (AvgIpc) is 3.52. The summed E-state index contributed by atoms with van der Waals surface area (Å²) in [6.07, 6.45) is 6.69. The van der Waals surface area contributed by atoms with E-state index < -0.39 is 5.97 Å². The van der Waals surface area contributed by atoms with Gasteiger partial charge in [0.05, 0.1) is 12.4 Å². The molecular formula is C26H31NO6. The topological polar surface area (TPSA) is 91.0 Å². The fraction of sp³-hybridized carbons (Fsp3) is 0.385. The monoisotopic (exact) mass is 453 g/mol. The Bertz CT molecular complexity index is 963. The first-order valence-corrected chi connectivity index (χ1v) is 11.2. The summed E-state index contributed by atoms with van der Waals surface area (Å²) in [7, 11) is 0. The SMILES string of the molecule is CC(C)c1ccc(OCCOc2cc(CC3CCCO3)ccn2)cc1.O=C(O)c1ccco1. The Labute approximate surface area is 194 Å². The zero-order chi connectivity index (χ0) is 23.5. The highest BCUT2D eigenvalue weighted by Gasteiger charge is 2.16. The number of pyridine rings is 1. The number of hydrogen-bond acceptors (Lipinski definition) is 6. The van der Waals surface area contributed by atoms with Crippen LogP contribution in [0.2, 0.25) is 0 Å². The molecule has 1 atom stereocenters. The number of carboxylic acid groups (broad SMARTS) is 1. The van der Waals surface area contributed by atoms with Crippen molar-refractivity contribution in [2.75, 3.05) is 19.8 Å². The highest BCUT2D eigenvalue weighted by atomic mass is 16.5. The normalized spacial score (nSPS) is 15.1. The van der Waals surface area contributed by atoms with Crippen molar-refractivity contribution in [2.45, 2.75) is 45.1 Å². The second-order valence-electron chi connectivity index (χ2n) is 8.04. The molecule has 0 radical (unpaired) electrons. The minimum atomic E-state index is -1.03. The Hall–Kier alpha value is -3.32. The molecule has 1 aromatic carbocycles. The maximum Gasteiger partial charge on any atom is 0.371 e. The number of rotatable bonds is 9. The molecule has 7 nitrogen and oxygen atoms in total. The number of nitrogens with zero attached hydrogens (tertiary/aromatic N) is 1. The van der Waals surface area contributed by atoms with Crippen molar-refractivity contribution in [3.05, 3.63) is 77.9 Å². The second kappa shape index (κ2) is 12.6. The van der Waals surface area contributed by atoms with Gasteiger partial charge in [-0.2, -0.15) is 0 Å². The van der Waals surface area contributed by atoms with E-state index in [0.717, 1.165) is 31.6 Å². The van der Waals surface area contributed by atoms with Crippen molar-refractivity contribution in [3.8, 4) is 11.6 Å². The van der Waals surface area contributed by atoms with Crippen LogP contribution in [0.1, 0.15) is 54.3 Å². The summed E-state index contributed by atoms with van der Waals surface area (Å²) in [4.78, 5) is 14.2. The van der Waals surface area contributed by atoms with Crippen LogP contribution in [0.25, 0.3) is 0 Å². The van der Waals surface area contributed by atoms with E-state index in [1.807, 2.05) is 24.3 Å². The van der Waals surface area contributed by atoms with Crippen LogP contribution in [0.4, 0.5) is 0 Å². The Morgan fingerprint density at radius 1 is 1.15 bits per heavy atom. The van der Waals surface area contributed by atoms with Crippen molar-refractivity contribution in [3.63, 3.8) is 0 Å². The van der Waals surface area contributed by atoms with Gasteiger partial charge in [0.1, 0.15) is 19.0 Å². The summed E-state index contributed by atoms with van der Waals surface area (Å²) in [6.45, 7) is 6.23. The molecule has 0 aliphatic carbocycles. The zero-order valence-electron chi connectivity index (χ0n) is 19.1.